The van der Waals surface area contributed by atoms with Gasteiger partial charge in [0.1, 0.15) is 17.3 Å². The molecule has 1 amide bonds. The number of aryl methyl sites for hydroxylation is 2. The van der Waals surface area contributed by atoms with Crippen molar-refractivity contribution in [2.75, 3.05) is 19.0 Å². The molecule has 0 saturated heterocycles. The second-order valence-corrected chi connectivity index (χ2v) is 10.0. The van der Waals surface area contributed by atoms with Crippen LogP contribution in [-0.4, -0.2) is 34.4 Å². The zero-order valence-corrected chi connectivity index (χ0v) is 20.5. The first-order chi connectivity index (χ1) is 15.6. The molecule has 172 valence electrons. The number of nitrogens with one attached hydrogen (secondary N) is 1. The van der Waals surface area contributed by atoms with E-state index in [-0.39, 0.29) is 17.9 Å². The van der Waals surface area contributed by atoms with Crippen LogP contribution < -0.4 is 14.8 Å². The lowest BCUT2D eigenvalue weighted by Gasteiger charge is -2.23. The van der Waals surface area contributed by atoms with Gasteiger partial charge in [-0.05, 0) is 49.1 Å². The molecule has 7 nitrogen and oxygen atoms in total. The summed E-state index contributed by atoms with van der Waals surface area (Å²) in [5.74, 6) is 1.77. The van der Waals surface area contributed by atoms with Gasteiger partial charge >= 0.3 is 0 Å². The Morgan fingerprint density at radius 2 is 1.91 bits per heavy atom. The molecule has 0 aliphatic carbocycles. The first kappa shape index (κ1) is 22.8. The van der Waals surface area contributed by atoms with Gasteiger partial charge in [-0.1, -0.05) is 49.8 Å². The van der Waals surface area contributed by atoms with Crippen LogP contribution in [0.1, 0.15) is 37.6 Å². The van der Waals surface area contributed by atoms with Crippen LogP contribution in [-0.2, 0) is 10.2 Å². The SMILES string of the molecule is COc1ccc2nc(-n3nc(C)cc3NC(=O)COc3ccc(C)cc3C(C)(C)C)sc2c1. The smallest absolute Gasteiger partial charge is 0.263 e. The van der Waals surface area contributed by atoms with E-state index in [0.29, 0.717) is 16.7 Å². The summed E-state index contributed by atoms with van der Waals surface area (Å²) < 4.78 is 13.8. The molecule has 33 heavy (non-hydrogen) atoms. The van der Waals surface area contributed by atoms with Gasteiger partial charge in [-0.3, -0.25) is 4.79 Å². The maximum absolute atomic E-state index is 12.8. The molecule has 4 aromatic rings. The predicted molar refractivity (Wildman–Crippen MR) is 132 cm³/mol. The van der Waals surface area contributed by atoms with Gasteiger partial charge in [0, 0.05) is 6.07 Å². The van der Waals surface area contributed by atoms with Crippen LogP contribution in [0, 0.1) is 13.8 Å². The van der Waals surface area contributed by atoms with Crippen molar-refractivity contribution in [2.45, 2.75) is 40.0 Å². The lowest BCUT2D eigenvalue weighted by Crippen LogP contribution is -2.23. The van der Waals surface area contributed by atoms with Gasteiger partial charge in [0.05, 0.1) is 23.0 Å². The first-order valence-electron chi connectivity index (χ1n) is 10.7. The number of amides is 1. The highest BCUT2D eigenvalue weighted by atomic mass is 32.1. The van der Waals surface area contributed by atoms with Gasteiger partial charge in [-0.25, -0.2) is 4.98 Å². The molecular weight excluding hydrogens is 436 g/mol. The number of methoxy groups -OCH3 is 1. The van der Waals surface area contributed by atoms with Gasteiger partial charge in [-0.15, -0.1) is 0 Å². The summed E-state index contributed by atoms with van der Waals surface area (Å²) in [4.78, 5) is 17.4. The van der Waals surface area contributed by atoms with E-state index >= 15 is 0 Å². The summed E-state index contributed by atoms with van der Waals surface area (Å²) in [5, 5.41) is 8.10. The lowest BCUT2D eigenvalue weighted by atomic mass is 9.85. The van der Waals surface area contributed by atoms with E-state index in [2.05, 4.69) is 42.2 Å². The number of carbonyl (C=O) groups excluding carboxylic acids is 1. The predicted octanol–water partition coefficient (Wildman–Crippen LogP) is 5.42. The third kappa shape index (κ3) is 5.01. The van der Waals surface area contributed by atoms with Crippen molar-refractivity contribution in [1.29, 1.82) is 0 Å². The molecular formula is C25H28N4O3S. The Kier molecular flexibility index (Phi) is 6.12. The normalized spacial score (nSPS) is 11.6. The molecule has 0 spiro atoms. The van der Waals surface area contributed by atoms with Crippen molar-refractivity contribution >= 4 is 33.3 Å². The van der Waals surface area contributed by atoms with E-state index in [1.807, 2.05) is 50.2 Å². The quantitative estimate of drug-likeness (QED) is 0.412. The highest BCUT2D eigenvalue weighted by molar-refractivity contribution is 7.20. The fourth-order valence-electron chi connectivity index (χ4n) is 3.52. The number of aromatic nitrogens is 3. The summed E-state index contributed by atoms with van der Waals surface area (Å²) in [5.41, 5.74) is 3.75. The fourth-order valence-corrected chi connectivity index (χ4v) is 4.48. The van der Waals surface area contributed by atoms with E-state index in [1.54, 1.807) is 11.8 Å². The molecule has 0 atom stereocenters. The molecule has 2 aromatic heterocycles. The van der Waals surface area contributed by atoms with Gasteiger partial charge in [0.15, 0.2) is 6.61 Å². The van der Waals surface area contributed by atoms with Gasteiger partial charge in [0.2, 0.25) is 5.13 Å². The van der Waals surface area contributed by atoms with E-state index in [4.69, 9.17) is 9.47 Å². The number of anilines is 1. The minimum Gasteiger partial charge on any atom is -0.497 e. The number of rotatable bonds is 6. The molecule has 2 aromatic carbocycles. The number of hydrogen-bond acceptors (Lipinski definition) is 6. The van der Waals surface area contributed by atoms with Crippen molar-refractivity contribution in [1.82, 2.24) is 14.8 Å². The minimum atomic E-state index is -0.264. The summed E-state index contributed by atoms with van der Waals surface area (Å²) >= 11 is 1.48. The van der Waals surface area contributed by atoms with E-state index < -0.39 is 0 Å². The van der Waals surface area contributed by atoms with Gasteiger partial charge in [0.25, 0.3) is 5.91 Å². The topological polar surface area (TPSA) is 78.3 Å². The Morgan fingerprint density at radius 3 is 2.64 bits per heavy atom. The van der Waals surface area contributed by atoms with Crippen molar-refractivity contribution in [3.63, 3.8) is 0 Å². The molecule has 0 radical (unpaired) electrons. The molecule has 8 heteroatoms. The second kappa shape index (κ2) is 8.86. The number of benzene rings is 2. The minimum absolute atomic E-state index is 0.0942. The number of nitrogens with zero attached hydrogens (tertiary/aromatic N) is 3. The fraction of sp³-hybridized carbons (Fsp3) is 0.320. The Hall–Kier alpha value is -3.39. The Morgan fingerprint density at radius 1 is 1.12 bits per heavy atom. The monoisotopic (exact) mass is 464 g/mol. The number of thiazole rings is 1. The number of ether oxygens (including phenoxy) is 2. The van der Waals surface area contributed by atoms with Crippen LogP contribution in [0.5, 0.6) is 11.5 Å². The number of hydrogen-bond donors (Lipinski definition) is 1. The lowest BCUT2D eigenvalue weighted by molar-refractivity contribution is -0.118. The Balaban J connectivity index is 1.53. The maximum atomic E-state index is 12.8. The second-order valence-electron chi connectivity index (χ2n) is 9.00. The highest BCUT2D eigenvalue weighted by Gasteiger charge is 2.20. The third-order valence-electron chi connectivity index (χ3n) is 5.17. The number of carbonyl (C=O) groups is 1. The van der Waals surface area contributed by atoms with Crippen molar-refractivity contribution in [3.05, 3.63) is 59.3 Å². The van der Waals surface area contributed by atoms with Crippen molar-refractivity contribution in [2.24, 2.45) is 0 Å². The third-order valence-corrected chi connectivity index (χ3v) is 6.16. The zero-order chi connectivity index (χ0) is 23.8. The largest absolute Gasteiger partial charge is 0.497 e. The van der Waals surface area contributed by atoms with Crippen LogP contribution in [0.4, 0.5) is 5.82 Å². The summed E-state index contributed by atoms with van der Waals surface area (Å²) in [6, 6.07) is 13.6. The summed E-state index contributed by atoms with van der Waals surface area (Å²) in [6.07, 6.45) is 0. The van der Waals surface area contributed by atoms with Crippen LogP contribution in [0.25, 0.3) is 15.3 Å². The average Bonchev–Trinajstić information content (AvgIpc) is 3.34. The van der Waals surface area contributed by atoms with Crippen LogP contribution in [0.2, 0.25) is 0 Å². The summed E-state index contributed by atoms with van der Waals surface area (Å²) in [6.45, 7) is 10.2. The maximum Gasteiger partial charge on any atom is 0.263 e. The van der Waals surface area contributed by atoms with Crippen LogP contribution in [0.15, 0.2) is 42.5 Å². The van der Waals surface area contributed by atoms with Crippen molar-refractivity contribution in [3.8, 4) is 16.6 Å². The molecule has 0 saturated carbocycles. The number of fused-ring (bicyclic) bond motifs is 1. The first-order valence-corrected chi connectivity index (χ1v) is 11.5. The zero-order valence-electron chi connectivity index (χ0n) is 19.7. The molecule has 0 aliphatic heterocycles. The van der Waals surface area contributed by atoms with Crippen LogP contribution in [0.3, 0.4) is 0 Å². The summed E-state index contributed by atoms with van der Waals surface area (Å²) in [7, 11) is 1.64. The Bertz CT molecular complexity index is 1320. The van der Waals surface area contributed by atoms with Crippen LogP contribution >= 0.6 is 11.3 Å². The standard InChI is InChI=1S/C25H28N4O3S/c1-15-7-10-20(18(11-15)25(3,4)5)32-14-23(30)27-22-12-16(2)28-29(22)24-26-19-9-8-17(31-6)13-21(19)33-24/h7-13H,14H2,1-6H3,(H,27,30). The molecule has 0 unspecified atom stereocenters. The van der Waals surface area contributed by atoms with Gasteiger partial charge < -0.3 is 14.8 Å². The van der Waals surface area contributed by atoms with Gasteiger partial charge in [-0.2, -0.15) is 9.78 Å². The molecule has 0 bridgehead atoms. The molecule has 1 N–H and O–H groups in total. The molecule has 2 heterocycles. The van der Waals surface area contributed by atoms with E-state index in [1.165, 1.54) is 11.3 Å². The molecule has 4 rings (SSSR count). The van der Waals surface area contributed by atoms with Crippen molar-refractivity contribution < 1.29 is 14.3 Å². The average molecular weight is 465 g/mol. The molecule has 0 fully saturated rings. The van der Waals surface area contributed by atoms with E-state index in [0.717, 1.165) is 32.8 Å². The van der Waals surface area contributed by atoms with E-state index in [9.17, 15) is 4.79 Å². The molecule has 0 aliphatic rings. The highest BCUT2D eigenvalue weighted by Crippen LogP contribution is 2.32. The Labute approximate surface area is 197 Å².